The topological polar surface area (TPSA) is 88.7 Å². The number of amides is 3. The highest BCUT2D eigenvalue weighted by Crippen LogP contribution is 2.31. The van der Waals surface area contributed by atoms with Gasteiger partial charge in [0.2, 0.25) is 5.91 Å². The zero-order valence-electron chi connectivity index (χ0n) is 15.8. The molecule has 1 aliphatic heterocycles. The lowest BCUT2D eigenvalue weighted by Crippen LogP contribution is -2.45. The molecule has 3 N–H and O–H groups in total. The number of hydrogen-bond acceptors (Lipinski definition) is 4. The number of methoxy groups -OCH3 is 1. The van der Waals surface area contributed by atoms with Gasteiger partial charge < -0.3 is 25.4 Å². The van der Waals surface area contributed by atoms with Gasteiger partial charge in [-0.15, -0.1) is 13.2 Å². The molecule has 2 aromatic carbocycles. The number of carbonyl (C=O) groups excluding carboxylic acids is 2. The molecule has 1 fully saturated rings. The van der Waals surface area contributed by atoms with E-state index in [1.54, 1.807) is 0 Å². The van der Waals surface area contributed by atoms with E-state index >= 15 is 0 Å². The Morgan fingerprint density at radius 3 is 2.26 bits per heavy atom. The monoisotopic (exact) mass is 445 g/mol. The van der Waals surface area contributed by atoms with Crippen molar-refractivity contribution in [3.8, 4) is 11.5 Å². The normalized spacial score (nSPS) is 18.3. The number of rotatable bonds is 5. The molecular formula is C19H16F5N3O4. The highest BCUT2D eigenvalue weighted by molar-refractivity contribution is 5.95. The van der Waals surface area contributed by atoms with E-state index in [0.29, 0.717) is 0 Å². The Morgan fingerprint density at radius 2 is 1.71 bits per heavy atom. The van der Waals surface area contributed by atoms with Gasteiger partial charge >= 0.3 is 12.4 Å². The molecule has 2 aromatic rings. The molecule has 0 aromatic heterocycles. The fourth-order valence-corrected chi connectivity index (χ4v) is 3.14. The summed E-state index contributed by atoms with van der Waals surface area (Å²) in [5.74, 6) is -4.09. The summed E-state index contributed by atoms with van der Waals surface area (Å²) < 4.78 is 73.9. The van der Waals surface area contributed by atoms with E-state index < -0.39 is 53.2 Å². The van der Waals surface area contributed by atoms with Gasteiger partial charge in [-0.3, -0.25) is 4.79 Å². The summed E-state index contributed by atoms with van der Waals surface area (Å²) in [7, 11) is 1.24. The molecule has 0 radical (unpaired) electrons. The van der Waals surface area contributed by atoms with Gasteiger partial charge in [0, 0.05) is 35.8 Å². The predicted octanol–water partition coefficient (Wildman–Crippen LogP) is 3.28. The number of anilines is 1. The first kappa shape index (κ1) is 22.1. The van der Waals surface area contributed by atoms with E-state index in [1.165, 1.54) is 7.11 Å². The average molecular weight is 445 g/mol. The molecule has 1 heterocycles. The molecule has 3 rings (SSSR count). The summed E-state index contributed by atoms with van der Waals surface area (Å²) in [6.45, 7) is -0.118. The molecule has 0 saturated carbocycles. The van der Waals surface area contributed by atoms with Crippen molar-refractivity contribution in [1.29, 1.82) is 0 Å². The van der Waals surface area contributed by atoms with E-state index in [9.17, 15) is 31.5 Å². The van der Waals surface area contributed by atoms with Crippen LogP contribution in [0, 0.1) is 11.6 Å². The third-order valence-electron chi connectivity index (χ3n) is 4.47. The van der Waals surface area contributed by atoms with Crippen molar-refractivity contribution >= 4 is 17.6 Å². The van der Waals surface area contributed by atoms with Crippen LogP contribution in [0.15, 0.2) is 36.4 Å². The van der Waals surface area contributed by atoms with Crippen LogP contribution in [-0.2, 0) is 4.79 Å². The number of urea groups is 1. The molecule has 1 aliphatic rings. The maximum atomic E-state index is 14.4. The smallest absolute Gasteiger partial charge is 0.497 e. The van der Waals surface area contributed by atoms with Gasteiger partial charge in [0.05, 0.1) is 7.11 Å². The van der Waals surface area contributed by atoms with Gasteiger partial charge in [-0.1, -0.05) is 0 Å². The third-order valence-corrected chi connectivity index (χ3v) is 4.47. The second-order valence-electron chi connectivity index (χ2n) is 6.50. The van der Waals surface area contributed by atoms with Crippen LogP contribution in [-0.4, -0.2) is 38.0 Å². The third kappa shape index (κ3) is 5.32. The molecule has 0 spiro atoms. The fraction of sp³-hybridized carbons (Fsp3) is 0.263. The Labute approximate surface area is 172 Å². The van der Waals surface area contributed by atoms with Crippen LogP contribution in [0.25, 0.3) is 0 Å². The molecule has 7 nitrogen and oxygen atoms in total. The van der Waals surface area contributed by atoms with Crippen LogP contribution in [0.2, 0.25) is 0 Å². The lowest BCUT2D eigenvalue weighted by molar-refractivity contribution is -0.274. The van der Waals surface area contributed by atoms with Gasteiger partial charge in [-0.2, -0.15) is 0 Å². The SMILES string of the molecule is COc1cc(F)c([C@@H]2CNC(=O)[C@H]2NC(=O)Nc2ccc(OC(F)(F)F)cc2)c(F)c1. The minimum atomic E-state index is -4.86. The number of carbonyl (C=O) groups is 2. The highest BCUT2D eigenvalue weighted by atomic mass is 19.4. The Kier molecular flexibility index (Phi) is 6.18. The Hall–Kier alpha value is -3.57. The van der Waals surface area contributed by atoms with Crippen LogP contribution in [0.1, 0.15) is 11.5 Å². The maximum absolute atomic E-state index is 14.4. The van der Waals surface area contributed by atoms with Crippen LogP contribution in [0.5, 0.6) is 11.5 Å². The molecule has 3 amide bonds. The summed E-state index contributed by atoms with van der Waals surface area (Å²) in [6.07, 6.45) is -4.86. The number of hydrogen-bond donors (Lipinski definition) is 3. The molecule has 2 atom stereocenters. The number of ether oxygens (including phenoxy) is 2. The van der Waals surface area contributed by atoms with Gasteiger partial charge in [-0.05, 0) is 24.3 Å². The minimum Gasteiger partial charge on any atom is -0.497 e. The Morgan fingerprint density at radius 1 is 1.10 bits per heavy atom. The summed E-state index contributed by atoms with van der Waals surface area (Å²) in [5.41, 5.74) is -0.290. The number of benzene rings is 2. The van der Waals surface area contributed by atoms with Crippen molar-refractivity contribution in [2.75, 3.05) is 19.0 Å². The van der Waals surface area contributed by atoms with Crippen molar-refractivity contribution in [3.05, 3.63) is 53.6 Å². The summed E-state index contributed by atoms with van der Waals surface area (Å²) in [6, 6.07) is 4.00. The Bertz CT molecular complexity index is 958. The molecule has 1 saturated heterocycles. The van der Waals surface area contributed by atoms with Gasteiger partial charge in [-0.25, -0.2) is 13.6 Å². The summed E-state index contributed by atoms with van der Waals surface area (Å²) in [4.78, 5) is 24.4. The first-order chi connectivity index (χ1) is 14.6. The number of halogens is 5. The first-order valence-corrected chi connectivity index (χ1v) is 8.81. The van der Waals surface area contributed by atoms with Crippen LogP contribution in [0.3, 0.4) is 0 Å². The second-order valence-corrected chi connectivity index (χ2v) is 6.50. The van der Waals surface area contributed by atoms with Crippen molar-refractivity contribution < 1.29 is 41.0 Å². The van der Waals surface area contributed by atoms with E-state index in [0.717, 1.165) is 36.4 Å². The zero-order chi connectivity index (χ0) is 22.8. The van der Waals surface area contributed by atoms with Crippen molar-refractivity contribution in [3.63, 3.8) is 0 Å². The van der Waals surface area contributed by atoms with Gasteiger partial charge in [0.1, 0.15) is 29.2 Å². The average Bonchev–Trinajstić information content (AvgIpc) is 3.02. The summed E-state index contributed by atoms with van der Waals surface area (Å²) in [5, 5.41) is 7.08. The minimum absolute atomic E-state index is 0.0452. The van der Waals surface area contributed by atoms with E-state index in [4.69, 9.17) is 4.74 Å². The van der Waals surface area contributed by atoms with Gasteiger partial charge in [0.15, 0.2) is 0 Å². The standard InChI is InChI=1S/C19H16F5N3O4/c1-30-11-6-13(20)15(14(21)7-11)12-8-25-17(28)16(12)27-18(29)26-9-2-4-10(5-3-9)31-19(22,23)24/h2-7,12,16H,8H2,1H3,(H,25,28)(H2,26,27,29)/t12-,16-/m0/s1. The molecule has 0 bridgehead atoms. The largest absolute Gasteiger partial charge is 0.573 e. The van der Waals surface area contributed by atoms with Crippen molar-refractivity contribution in [2.24, 2.45) is 0 Å². The lowest BCUT2D eigenvalue weighted by Gasteiger charge is -2.20. The number of nitrogens with one attached hydrogen (secondary N) is 3. The van der Waals surface area contributed by atoms with Crippen LogP contribution < -0.4 is 25.4 Å². The molecule has 0 unspecified atom stereocenters. The Balaban J connectivity index is 1.71. The summed E-state index contributed by atoms with van der Waals surface area (Å²) >= 11 is 0. The first-order valence-electron chi connectivity index (χ1n) is 8.81. The van der Waals surface area contributed by atoms with E-state index in [-0.39, 0.29) is 18.0 Å². The highest BCUT2D eigenvalue weighted by Gasteiger charge is 2.40. The molecule has 12 heteroatoms. The zero-order valence-corrected chi connectivity index (χ0v) is 15.8. The number of alkyl halides is 3. The van der Waals surface area contributed by atoms with Crippen molar-refractivity contribution in [2.45, 2.75) is 18.3 Å². The van der Waals surface area contributed by atoms with Crippen LogP contribution >= 0.6 is 0 Å². The van der Waals surface area contributed by atoms with Crippen LogP contribution in [0.4, 0.5) is 32.4 Å². The predicted molar refractivity (Wildman–Crippen MR) is 97.7 cm³/mol. The molecule has 166 valence electrons. The fourth-order valence-electron chi connectivity index (χ4n) is 3.14. The van der Waals surface area contributed by atoms with Gasteiger partial charge in [0.25, 0.3) is 0 Å². The van der Waals surface area contributed by atoms with E-state index in [2.05, 4.69) is 20.7 Å². The molecular weight excluding hydrogens is 429 g/mol. The molecule has 0 aliphatic carbocycles. The second kappa shape index (κ2) is 8.66. The molecule has 31 heavy (non-hydrogen) atoms. The van der Waals surface area contributed by atoms with E-state index in [1.807, 2.05) is 0 Å². The maximum Gasteiger partial charge on any atom is 0.573 e. The van der Waals surface area contributed by atoms with Crippen molar-refractivity contribution in [1.82, 2.24) is 10.6 Å². The lowest BCUT2D eigenvalue weighted by atomic mass is 9.93. The quantitative estimate of drug-likeness (QED) is 0.617.